The second-order valence-corrected chi connectivity index (χ2v) is 12.5. The van der Waals surface area contributed by atoms with Gasteiger partial charge in [-0.1, -0.05) is 109 Å². The highest BCUT2D eigenvalue weighted by atomic mass is 31.2. The molecular formula is C33H58N2O6P+. The number of ether oxygens (including phenoxy) is 2. The fourth-order valence-electron chi connectivity index (χ4n) is 4.96. The topological polar surface area (TPSA) is 83.0 Å². The number of rotatable bonds is 27. The number of aromatic nitrogens is 2. The van der Waals surface area contributed by atoms with E-state index in [9.17, 15) is 9.46 Å². The Morgan fingerprint density at radius 2 is 1.48 bits per heavy atom. The minimum absolute atomic E-state index is 0.0867. The zero-order chi connectivity index (χ0) is 30.3. The van der Waals surface area contributed by atoms with Crippen LogP contribution in [-0.4, -0.2) is 42.0 Å². The van der Waals surface area contributed by atoms with Gasteiger partial charge >= 0.3 is 7.82 Å². The van der Waals surface area contributed by atoms with E-state index in [1.165, 1.54) is 77.0 Å². The Kier molecular flexibility index (Phi) is 19.8. The average Bonchev–Trinajstić information content (AvgIpc) is 3.44. The zero-order valence-electron chi connectivity index (χ0n) is 26.6. The monoisotopic (exact) mass is 609 g/mol. The van der Waals surface area contributed by atoms with Gasteiger partial charge in [0.15, 0.2) is 0 Å². The maximum absolute atomic E-state index is 12.8. The van der Waals surface area contributed by atoms with Crippen molar-refractivity contribution in [3.63, 3.8) is 0 Å². The predicted molar refractivity (Wildman–Crippen MR) is 169 cm³/mol. The quantitative estimate of drug-likeness (QED) is 0.0624. The summed E-state index contributed by atoms with van der Waals surface area (Å²) in [6.07, 6.45) is 24.0. The SMILES string of the molecule is CCCCCCCCCCCCCCCCOCC(COP(=O)(O)Oc1ccccc1C[n+]1ccn(CC)c1)OCC. The van der Waals surface area contributed by atoms with Gasteiger partial charge in [-0.25, -0.2) is 13.7 Å². The molecule has 0 spiro atoms. The summed E-state index contributed by atoms with van der Waals surface area (Å²) in [4.78, 5) is 10.4. The first-order valence-corrected chi connectivity index (χ1v) is 18.0. The van der Waals surface area contributed by atoms with Gasteiger partial charge in [0.2, 0.25) is 6.33 Å². The third kappa shape index (κ3) is 16.8. The molecule has 0 saturated heterocycles. The number of imidazole rings is 1. The lowest BCUT2D eigenvalue weighted by Gasteiger charge is -2.20. The van der Waals surface area contributed by atoms with E-state index in [1.54, 1.807) is 12.1 Å². The van der Waals surface area contributed by atoms with Gasteiger partial charge in [0.25, 0.3) is 0 Å². The van der Waals surface area contributed by atoms with Crippen molar-refractivity contribution in [1.82, 2.24) is 4.57 Å². The van der Waals surface area contributed by atoms with E-state index < -0.39 is 13.9 Å². The number of aryl methyl sites for hydroxylation is 1. The van der Waals surface area contributed by atoms with Crippen LogP contribution in [0, 0.1) is 0 Å². The summed E-state index contributed by atoms with van der Waals surface area (Å²) in [5.41, 5.74) is 0.784. The average molecular weight is 610 g/mol. The van der Waals surface area contributed by atoms with Gasteiger partial charge < -0.3 is 14.0 Å². The minimum Gasteiger partial charge on any atom is -0.404 e. The van der Waals surface area contributed by atoms with Crippen LogP contribution in [0.4, 0.5) is 0 Å². The summed E-state index contributed by atoms with van der Waals surface area (Å²) in [7, 11) is -4.35. The first-order chi connectivity index (χ1) is 20.5. The summed E-state index contributed by atoms with van der Waals surface area (Å²) in [5, 5.41) is 0. The van der Waals surface area contributed by atoms with Crippen molar-refractivity contribution in [3.05, 3.63) is 48.5 Å². The van der Waals surface area contributed by atoms with Gasteiger partial charge in [-0.2, -0.15) is 0 Å². The third-order valence-electron chi connectivity index (χ3n) is 7.42. The van der Waals surface area contributed by atoms with E-state index in [4.69, 9.17) is 18.5 Å². The molecule has 1 aromatic carbocycles. The number of para-hydroxylation sites is 1. The van der Waals surface area contributed by atoms with Crippen LogP contribution in [0.3, 0.4) is 0 Å². The molecule has 0 saturated carbocycles. The molecule has 0 aliphatic rings. The van der Waals surface area contributed by atoms with E-state index in [1.807, 2.05) is 42.3 Å². The number of benzene rings is 1. The summed E-state index contributed by atoms with van der Waals surface area (Å²) in [6, 6.07) is 7.20. The van der Waals surface area contributed by atoms with Gasteiger partial charge in [0, 0.05) is 18.8 Å². The Bertz CT molecular complexity index is 985. The molecule has 0 amide bonds. The standard InChI is InChI=1S/C33H57N2O6P/c1-4-7-8-9-10-11-12-13-14-15-16-17-18-21-26-38-28-32(39-6-3)29-40-42(36,37)41-33-23-20-19-22-31(33)27-35-25-24-34(5-2)30-35/h19-20,22-25,30,32H,4-18,21,26-29H2,1-3H3/p+1. The van der Waals surface area contributed by atoms with Crippen LogP contribution in [0.5, 0.6) is 5.75 Å². The van der Waals surface area contributed by atoms with Crippen molar-refractivity contribution in [3.8, 4) is 5.75 Å². The van der Waals surface area contributed by atoms with E-state index in [2.05, 4.69) is 18.4 Å². The minimum atomic E-state index is -4.35. The molecule has 1 heterocycles. The van der Waals surface area contributed by atoms with Crippen LogP contribution in [0.1, 0.15) is 116 Å². The number of nitrogens with zero attached hydrogens (tertiary/aromatic N) is 2. The normalized spacial score (nSPS) is 13.7. The van der Waals surface area contributed by atoms with Gasteiger partial charge in [0.1, 0.15) is 30.8 Å². The number of phosphoric acid groups is 1. The molecule has 8 nitrogen and oxygen atoms in total. The Labute approximate surface area is 255 Å². The van der Waals surface area contributed by atoms with Crippen LogP contribution < -0.4 is 9.09 Å². The van der Waals surface area contributed by atoms with E-state index in [0.717, 1.165) is 24.9 Å². The molecule has 42 heavy (non-hydrogen) atoms. The van der Waals surface area contributed by atoms with Crippen LogP contribution in [0.2, 0.25) is 0 Å². The Morgan fingerprint density at radius 1 is 0.857 bits per heavy atom. The van der Waals surface area contributed by atoms with Crippen molar-refractivity contribution in [2.45, 2.75) is 130 Å². The number of unbranched alkanes of at least 4 members (excludes halogenated alkanes) is 13. The lowest BCUT2D eigenvalue weighted by molar-refractivity contribution is -0.687. The van der Waals surface area contributed by atoms with Crippen LogP contribution in [0.25, 0.3) is 0 Å². The maximum Gasteiger partial charge on any atom is 0.527 e. The number of hydrogen-bond acceptors (Lipinski definition) is 5. The predicted octanol–water partition coefficient (Wildman–Crippen LogP) is 8.24. The molecule has 1 N–H and O–H groups in total. The summed E-state index contributed by atoms with van der Waals surface area (Å²) in [6.45, 7) is 8.95. The summed E-state index contributed by atoms with van der Waals surface area (Å²) < 4.78 is 39.1. The molecular weight excluding hydrogens is 551 g/mol. The molecule has 2 atom stereocenters. The summed E-state index contributed by atoms with van der Waals surface area (Å²) >= 11 is 0. The second-order valence-electron chi connectivity index (χ2n) is 11.1. The van der Waals surface area contributed by atoms with Crippen molar-refractivity contribution in [1.29, 1.82) is 0 Å². The number of hydrogen-bond donors (Lipinski definition) is 1. The Balaban J connectivity index is 1.58. The van der Waals surface area contributed by atoms with Crippen LogP contribution >= 0.6 is 7.82 Å². The van der Waals surface area contributed by atoms with E-state index >= 15 is 0 Å². The highest BCUT2D eigenvalue weighted by Gasteiger charge is 2.27. The van der Waals surface area contributed by atoms with E-state index in [-0.39, 0.29) is 6.61 Å². The third-order valence-corrected chi connectivity index (χ3v) is 8.33. The first kappa shape index (κ1) is 36.5. The summed E-state index contributed by atoms with van der Waals surface area (Å²) in [5.74, 6) is 0.321. The van der Waals surface area contributed by atoms with Crippen molar-refractivity contribution >= 4 is 7.82 Å². The molecule has 2 unspecified atom stereocenters. The molecule has 0 fully saturated rings. The highest BCUT2D eigenvalue weighted by molar-refractivity contribution is 7.47. The van der Waals surface area contributed by atoms with Gasteiger partial charge in [-0.3, -0.25) is 9.42 Å². The smallest absolute Gasteiger partial charge is 0.404 e. The van der Waals surface area contributed by atoms with Crippen molar-refractivity contribution < 1.29 is 32.5 Å². The number of phosphoric ester groups is 1. The van der Waals surface area contributed by atoms with Gasteiger partial charge in [-0.15, -0.1) is 0 Å². The zero-order valence-corrected chi connectivity index (χ0v) is 27.5. The van der Waals surface area contributed by atoms with Crippen molar-refractivity contribution in [2.75, 3.05) is 26.4 Å². The van der Waals surface area contributed by atoms with Gasteiger partial charge in [0.05, 0.1) is 19.8 Å². The molecule has 9 heteroatoms. The Morgan fingerprint density at radius 3 is 2.07 bits per heavy atom. The fraction of sp³-hybridized carbons (Fsp3) is 0.727. The van der Waals surface area contributed by atoms with Crippen molar-refractivity contribution in [2.24, 2.45) is 0 Å². The van der Waals surface area contributed by atoms with Crippen LogP contribution in [-0.2, 0) is 31.7 Å². The first-order valence-electron chi connectivity index (χ1n) is 16.5. The lowest BCUT2D eigenvalue weighted by atomic mass is 10.0. The molecule has 2 rings (SSSR count). The molecule has 0 aliphatic heterocycles. The Hall–Kier alpha value is -1.70. The largest absolute Gasteiger partial charge is 0.527 e. The molecule has 240 valence electrons. The fourth-order valence-corrected chi connectivity index (χ4v) is 5.80. The second kappa shape index (κ2) is 22.8. The van der Waals surface area contributed by atoms with Gasteiger partial charge in [-0.05, 0) is 26.3 Å². The lowest BCUT2D eigenvalue weighted by Crippen LogP contribution is -2.31. The highest BCUT2D eigenvalue weighted by Crippen LogP contribution is 2.45. The molecule has 1 aromatic heterocycles. The molecule has 0 aliphatic carbocycles. The van der Waals surface area contributed by atoms with E-state index in [0.29, 0.717) is 32.1 Å². The van der Waals surface area contributed by atoms with Crippen LogP contribution in [0.15, 0.2) is 43.0 Å². The maximum atomic E-state index is 12.8. The molecule has 2 aromatic rings. The molecule has 0 bridgehead atoms. The molecule has 0 radical (unpaired) electrons.